The number of non-ortho nitro benzene ring substituents is 1. The molecule has 10 heteroatoms. The summed E-state index contributed by atoms with van der Waals surface area (Å²) in [6.07, 6.45) is 1.14. The summed E-state index contributed by atoms with van der Waals surface area (Å²) in [7, 11) is -3.08. The molecule has 0 aliphatic rings. The van der Waals surface area contributed by atoms with Crippen LogP contribution in [0.5, 0.6) is 0 Å². The zero-order valence-electron chi connectivity index (χ0n) is 12.1. The van der Waals surface area contributed by atoms with Crippen LogP contribution < -0.4 is 5.32 Å². The fraction of sp³-hybridized carbons (Fsp3) is 0.231. The van der Waals surface area contributed by atoms with Crippen molar-refractivity contribution in [2.24, 2.45) is 0 Å². The third-order valence-electron chi connectivity index (χ3n) is 2.81. The molecule has 8 nitrogen and oxygen atoms in total. The van der Waals surface area contributed by atoms with Crippen molar-refractivity contribution in [3.63, 3.8) is 0 Å². The Hall–Kier alpha value is -2.26. The summed E-state index contributed by atoms with van der Waals surface area (Å²) in [4.78, 5) is 18.4. The Morgan fingerprint density at radius 3 is 2.48 bits per heavy atom. The van der Waals surface area contributed by atoms with Gasteiger partial charge in [-0.2, -0.15) is 0 Å². The van der Waals surface area contributed by atoms with Gasteiger partial charge in [0.1, 0.15) is 20.8 Å². The number of rotatable bonds is 6. The topological polar surface area (TPSA) is 115 Å². The van der Waals surface area contributed by atoms with Crippen LogP contribution in [0, 0.1) is 10.1 Å². The third-order valence-corrected chi connectivity index (χ3v) is 3.95. The van der Waals surface area contributed by atoms with Crippen LogP contribution in [0.25, 0.3) is 11.4 Å². The summed E-state index contributed by atoms with van der Waals surface area (Å²) in [5.74, 6) is 0.623. The molecule has 0 saturated carbocycles. The van der Waals surface area contributed by atoms with Crippen LogP contribution in [-0.2, 0) is 9.84 Å². The van der Waals surface area contributed by atoms with Gasteiger partial charge in [-0.3, -0.25) is 10.1 Å². The highest BCUT2D eigenvalue weighted by molar-refractivity contribution is 7.90. The summed E-state index contributed by atoms with van der Waals surface area (Å²) in [6.45, 7) is 0.186. The molecule has 0 bridgehead atoms. The smallest absolute Gasteiger partial charge is 0.269 e. The van der Waals surface area contributed by atoms with Crippen molar-refractivity contribution in [2.45, 2.75) is 0 Å². The summed E-state index contributed by atoms with van der Waals surface area (Å²) in [6, 6.07) is 7.19. The van der Waals surface area contributed by atoms with Gasteiger partial charge in [0.25, 0.3) is 5.69 Å². The Morgan fingerprint density at radius 2 is 1.91 bits per heavy atom. The van der Waals surface area contributed by atoms with Crippen LogP contribution in [0.4, 0.5) is 11.5 Å². The summed E-state index contributed by atoms with van der Waals surface area (Å²) < 4.78 is 22.2. The fourth-order valence-electron chi connectivity index (χ4n) is 1.73. The molecule has 0 saturated heterocycles. The lowest BCUT2D eigenvalue weighted by Crippen LogP contribution is -2.15. The van der Waals surface area contributed by atoms with E-state index in [0.29, 0.717) is 11.4 Å². The lowest BCUT2D eigenvalue weighted by molar-refractivity contribution is -0.384. The molecule has 1 heterocycles. The molecule has 0 spiro atoms. The Labute approximate surface area is 137 Å². The number of hydrogen-bond donors (Lipinski definition) is 1. The van der Waals surface area contributed by atoms with Gasteiger partial charge < -0.3 is 5.32 Å². The Balaban J connectivity index is 2.21. The van der Waals surface area contributed by atoms with Crippen molar-refractivity contribution < 1.29 is 13.3 Å². The van der Waals surface area contributed by atoms with Crippen LogP contribution >= 0.6 is 11.6 Å². The zero-order valence-corrected chi connectivity index (χ0v) is 13.6. The minimum absolute atomic E-state index is 0.0396. The molecule has 2 rings (SSSR count). The summed E-state index contributed by atoms with van der Waals surface area (Å²) >= 11 is 5.93. The molecule has 0 aliphatic carbocycles. The standard InChI is InChI=1S/C13H13ClN4O4S/c1-23(21,22)7-6-15-12-8-11(14)16-13(17-12)9-2-4-10(5-3-9)18(19)20/h2-5,8H,6-7H2,1H3,(H,15,16,17). The fourth-order valence-corrected chi connectivity index (χ4v) is 2.39. The van der Waals surface area contributed by atoms with Crippen molar-refractivity contribution in [1.82, 2.24) is 9.97 Å². The second-order valence-electron chi connectivity index (χ2n) is 4.76. The molecule has 0 aliphatic heterocycles. The van der Waals surface area contributed by atoms with Gasteiger partial charge in [0.15, 0.2) is 5.82 Å². The van der Waals surface area contributed by atoms with Crippen molar-refractivity contribution in [2.75, 3.05) is 23.9 Å². The molecular formula is C13H13ClN4O4S. The Kier molecular flexibility index (Phi) is 5.12. The Morgan fingerprint density at radius 1 is 1.26 bits per heavy atom. The predicted octanol–water partition coefficient (Wildman–Crippen LogP) is 2.16. The number of halogens is 1. The predicted molar refractivity (Wildman–Crippen MR) is 87.3 cm³/mol. The first-order chi connectivity index (χ1) is 10.7. The first-order valence-electron chi connectivity index (χ1n) is 6.45. The van der Waals surface area contributed by atoms with E-state index in [1.165, 1.54) is 30.3 Å². The maximum Gasteiger partial charge on any atom is 0.269 e. The van der Waals surface area contributed by atoms with Crippen LogP contribution in [0.15, 0.2) is 30.3 Å². The van der Waals surface area contributed by atoms with Crippen LogP contribution in [0.3, 0.4) is 0 Å². The second kappa shape index (κ2) is 6.88. The van der Waals surface area contributed by atoms with Gasteiger partial charge in [-0.15, -0.1) is 0 Å². The van der Waals surface area contributed by atoms with Gasteiger partial charge in [-0.25, -0.2) is 18.4 Å². The van der Waals surface area contributed by atoms with Crippen LogP contribution in [-0.4, -0.2) is 41.9 Å². The summed E-state index contributed by atoms with van der Waals surface area (Å²) in [5.41, 5.74) is 0.520. The molecule has 0 radical (unpaired) electrons. The minimum Gasteiger partial charge on any atom is -0.369 e. The minimum atomic E-state index is -3.08. The van der Waals surface area contributed by atoms with Crippen LogP contribution in [0.2, 0.25) is 5.15 Å². The second-order valence-corrected chi connectivity index (χ2v) is 7.41. The largest absolute Gasteiger partial charge is 0.369 e. The van der Waals surface area contributed by atoms with E-state index in [-0.39, 0.29) is 29.0 Å². The Bertz CT molecular complexity index is 824. The SMILES string of the molecule is CS(=O)(=O)CCNc1cc(Cl)nc(-c2ccc([N+](=O)[O-])cc2)n1. The van der Waals surface area contributed by atoms with Crippen molar-refractivity contribution in [3.05, 3.63) is 45.6 Å². The van der Waals surface area contributed by atoms with Crippen LogP contribution in [0.1, 0.15) is 0 Å². The van der Waals surface area contributed by atoms with E-state index < -0.39 is 14.8 Å². The number of nitro groups is 1. The number of anilines is 1. The van der Waals surface area contributed by atoms with Gasteiger partial charge in [-0.05, 0) is 12.1 Å². The molecule has 0 atom stereocenters. The molecule has 1 aromatic carbocycles. The highest BCUT2D eigenvalue weighted by Crippen LogP contribution is 2.22. The molecule has 2 aromatic rings. The molecule has 1 aromatic heterocycles. The van der Waals surface area contributed by atoms with Gasteiger partial charge in [0.2, 0.25) is 0 Å². The monoisotopic (exact) mass is 356 g/mol. The molecule has 0 unspecified atom stereocenters. The van der Waals surface area contributed by atoms with Crippen molar-refractivity contribution in [3.8, 4) is 11.4 Å². The number of nitro benzene ring substituents is 1. The van der Waals surface area contributed by atoms with E-state index in [1.807, 2.05) is 0 Å². The van der Waals surface area contributed by atoms with E-state index in [1.54, 1.807) is 0 Å². The maximum absolute atomic E-state index is 11.1. The molecule has 0 amide bonds. The van der Waals surface area contributed by atoms with Crippen molar-refractivity contribution in [1.29, 1.82) is 0 Å². The molecule has 23 heavy (non-hydrogen) atoms. The number of benzene rings is 1. The highest BCUT2D eigenvalue weighted by Gasteiger charge is 2.10. The number of aromatic nitrogens is 2. The molecule has 1 N–H and O–H groups in total. The van der Waals surface area contributed by atoms with E-state index in [2.05, 4.69) is 15.3 Å². The van der Waals surface area contributed by atoms with Gasteiger partial charge in [0.05, 0.1) is 10.7 Å². The number of nitrogens with zero attached hydrogens (tertiary/aromatic N) is 3. The third kappa shape index (κ3) is 5.15. The van der Waals surface area contributed by atoms with E-state index in [9.17, 15) is 18.5 Å². The van der Waals surface area contributed by atoms with Gasteiger partial charge >= 0.3 is 0 Å². The quantitative estimate of drug-likeness (QED) is 0.479. The first-order valence-corrected chi connectivity index (χ1v) is 8.89. The van der Waals surface area contributed by atoms with Gasteiger partial charge in [0, 0.05) is 36.6 Å². The summed E-state index contributed by atoms with van der Waals surface area (Å²) in [5, 5.41) is 13.7. The molecule has 122 valence electrons. The maximum atomic E-state index is 11.1. The van der Waals surface area contributed by atoms with E-state index >= 15 is 0 Å². The van der Waals surface area contributed by atoms with Gasteiger partial charge in [-0.1, -0.05) is 11.6 Å². The zero-order chi connectivity index (χ0) is 17.0. The number of hydrogen-bond acceptors (Lipinski definition) is 7. The lowest BCUT2D eigenvalue weighted by Gasteiger charge is -2.07. The first kappa shape index (κ1) is 17.1. The lowest BCUT2D eigenvalue weighted by atomic mass is 10.2. The normalized spacial score (nSPS) is 11.2. The average molecular weight is 357 g/mol. The molecular weight excluding hydrogens is 344 g/mol. The van der Waals surface area contributed by atoms with Crippen molar-refractivity contribution >= 4 is 32.9 Å². The number of sulfone groups is 1. The van der Waals surface area contributed by atoms with E-state index in [0.717, 1.165) is 6.26 Å². The molecule has 0 fully saturated rings. The average Bonchev–Trinajstić information content (AvgIpc) is 2.45. The highest BCUT2D eigenvalue weighted by atomic mass is 35.5. The van der Waals surface area contributed by atoms with E-state index in [4.69, 9.17) is 11.6 Å². The number of nitrogens with one attached hydrogen (secondary N) is 1.